The van der Waals surface area contributed by atoms with E-state index in [1.807, 2.05) is 17.0 Å². The van der Waals surface area contributed by atoms with Gasteiger partial charge in [0.1, 0.15) is 6.04 Å². The number of amides is 2. The van der Waals surface area contributed by atoms with Gasteiger partial charge in [0.15, 0.2) is 0 Å². The molecule has 1 aromatic rings. The highest BCUT2D eigenvalue weighted by Crippen LogP contribution is 2.11. The number of nitrogens with zero attached hydrogens (tertiary/aromatic N) is 1. The zero-order chi connectivity index (χ0) is 15.9. The number of piperidine rings is 1. The van der Waals surface area contributed by atoms with Crippen LogP contribution in [0.15, 0.2) is 30.3 Å². The summed E-state index contributed by atoms with van der Waals surface area (Å²) in [5.41, 5.74) is 0.884. The van der Waals surface area contributed by atoms with Gasteiger partial charge in [0.05, 0.1) is 0 Å². The summed E-state index contributed by atoms with van der Waals surface area (Å²) in [6.07, 6.45) is 6.40. The number of nitrogens with one attached hydrogen (secondary N) is 1. The standard InChI is InChI=1S/C17H21ClN2O2/c1-13(17(22)20-11-3-2-4-12-20)19-16(21)10-7-14-5-8-15(18)9-6-14/h5-10,13H,2-4,11-12H2,1H3,(H,19,21)/b10-7+. The Hall–Kier alpha value is -1.81. The smallest absolute Gasteiger partial charge is 0.244 e. The van der Waals surface area contributed by atoms with E-state index >= 15 is 0 Å². The largest absolute Gasteiger partial charge is 0.341 e. The van der Waals surface area contributed by atoms with Gasteiger partial charge in [-0.15, -0.1) is 0 Å². The second kappa shape index (κ2) is 7.99. The third kappa shape index (κ3) is 4.88. The fourth-order valence-electron chi connectivity index (χ4n) is 2.46. The highest BCUT2D eigenvalue weighted by atomic mass is 35.5. The third-order valence-corrected chi connectivity index (χ3v) is 3.95. The molecule has 5 heteroatoms. The van der Waals surface area contributed by atoms with Crippen LogP contribution in [0.2, 0.25) is 5.02 Å². The van der Waals surface area contributed by atoms with Crippen molar-refractivity contribution in [1.29, 1.82) is 0 Å². The van der Waals surface area contributed by atoms with Crippen LogP contribution in [-0.2, 0) is 9.59 Å². The number of carbonyl (C=O) groups is 2. The zero-order valence-electron chi connectivity index (χ0n) is 12.7. The molecule has 1 heterocycles. The van der Waals surface area contributed by atoms with Crippen LogP contribution in [0.3, 0.4) is 0 Å². The molecule has 4 nitrogen and oxygen atoms in total. The molecule has 22 heavy (non-hydrogen) atoms. The maximum absolute atomic E-state index is 12.2. The monoisotopic (exact) mass is 320 g/mol. The second-order valence-corrected chi connectivity index (χ2v) is 5.94. The zero-order valence-corrected chi connectivity index (χ0v) is 13.5. The van der Waals surface area contributed by atoms with Gasteiger partial charge in [0.2, 0.25) is 11.8 Å². The summed E-state index contributed by atoms with van der Waals surface area (Å²) in [5, 5.41) is 3.37. The lowest BCUT2D eigenvalue weighted by molar-refractivity contribution is -0.135. The van der Waals surface area contributed by atoms with Crippen molar-refractivity contribution in [2.24, 2.45) is 0 Å². The normalized spacial score (nSPS) is 16.5. The van der Waals surface area contributed by atoms with Crippen LogP contribution in [0, 0.1) is 0 Å². The van der Waals surface area contributed by atoms with E-state index < -0.39 is 6.04 Å². The Bertz CT molecular complexity index is 548. The van der Waals surface area contributed by atoms with E-state index in [9.17, 15) is 9.59 Å². The van der Waals surface area contributed by atoms with E-state index in [0.29, 0.717) is 5.02 Å². The van der Waals surface area contributed by atoms with Gasteiger partial charge in [-0.05, 0) is 50.0 Å². The summed E-state index contributed by atoms with van der Waals surface area (Å²) in [6.45, 7) is 3.31. The summed E-state index contributed by atoms with van der Waals surface area (Å²) in [6, 6.07) is 6.69. The van der Waals surface area contributed by atoms with Crippen molar-refractivity contribution in [3.8, 4) is 0 Å². The summed E-state index contributed by atoms with van der Waals surface area (Å²) < 4.78 is 0. The van der Waals surface area contributed by atoms with Crippen molar-refractivity contribution >= 4 is 29.5 Å². The van der Waals surface area contributed by atoms with E-state index in [-0.39, 0.29) is 11.8 Å². The van der Waals surface area contributed by atoms with Crippen molar-refractivity contribution in [1.82, 2.24) is 10.2 Å². The minimum atomic E-state index is -0.500. The molecule has 0 bridgehead atoms. The maximum Gasteiger partial charge on any atom is 0.244 e. The molecular weight excluding hydrogens is 300 g/mol. The van der Waals surface area contributed by atoms with Crippen LogP contribution in [0.5, 0.6) is 0 Å². The summed E-state index contributed by atoms with van der Waals surface area (Å²) in [7, 11) is 0. The number of halogens is 1. The molecule has 0 saturated carbocycles. The predicted octanol–water partition coefficient (Wildman–Crippen LogP) is 2.87. The molecule has 1 N–H and O–H groups in total. The number of hydrogen-bond donors (Lipinski definition) is 1. The van der Waals surface area contributed by atoms with Gasteiger partial charge in [0.25, 0.3) is 0 Å². The Kier molecular flexibility index (Phi) is 6.01. The van der Waals surface area contributed by atoms with Crippen molar-refractivity contribution < 1.29 is 9.59 Å². The molecule has 1 aliphatic heterocycles. The average molecular weight is 321 g/mol. The highest BCUT2D eigenvalue weighted by molar-refractivity contribution is 6.30. The first-order chi connectivity index (χ1) is 10.6. The van der Waals surface area contributed by atoms with E-state index in [4.69, 9.17) is 11.6 Å². The van der Waals surface area contributed by atoms with Crippen LogP contribution in [-0.4, -0.2) is 35.8 Å². The van der Waals surface area contributed by atoms with Crippen LogP contribution >= 0.6 is 11.6 Å². The van der Waals surface area contributed by atoms with Gasteiger partial charge < -0.3 is 10.2 Å². The molecule has 1 aliphatic rings. The van der Waals surface area contributed by atoms with E-state index in [0.717, 1.165) is 31.5 Å². The van der Waals surface area contributed by atoms with Gasteiger partial charge in [-0.2, -0.15) is 0 Å². The molecule has 118 valence electrons. The Balaban J connectivity index is 1.85. The number of carbonyl (C=O) groups excluding carboxylic acids is 2. The van der Waals surface area contributed by atoms with Gasteiger partial charge in [-0.25, -0.2) is 0 Å². The summed E-state index contributed by atoms with van der Waals surface area (Å²) in [5.74, 6) is -0.277. The van der Waals surface area contributed by atoms with Gasteiger partial charge in [-0.1, -0.05) is 23.7 Å². The average Bonchev–Trinajstić information content (AvgIpc) is 2.54. The first-order valence-corrected chi connectivity index (χ1v) is 7.97. The Morgan fingerprint density at radius 3 is 2.45 bits per heavy atom. The SMILES string of the molecule is CC(NC(=O)/C=C/c1ccc(Cl)cc1)C(=O)N1CCCCC1. The summed E-state index contributed by atoms with van der Waals surface area (Å²) >= 11 is 5.81. The van der Waals surface area contributed by atoms with Crippen LogP contribution in [0.25, 0.3) is 6.08 Å². The number of rotatable bonds is 4. The first kappa shape index (κ1) is 16.6. The maximum atomic E-state index is 12.2. The third-order valence-electron chi connectivity index (χ3n) is 3.69. The molecule has 2 rings (SSSR count). The molecule has 0 spiro atoms. The molecule has 0 aliphatic carbocycles. The molecule has 0 aromatic heterocycles. The lowest BCUT2D eigenvalue weighted by Gasteiger charge is -2.29. The number of benzene rings is 1. The molecule has 1 atom stereocenters. The van der Waals surface area contributed by atoms with Crippen molar-refractivity contribution in [2.45, 2.75) is 32.2 Å². The lowest BCUT2D eigenvalue weighted by atomic mass is 10.1. The molecule has 0 radical (unpaired) electrons. The topological polar surface area (TPSA) is 49.4 Å². The van der Waals surface area contributed by atoms with Crippen LogP contribution in [0.1, 0.15) is 31.7 Å². The van der Waals surface area contributed by atoms with Crippen LogP contribution < -0.4 is 5.32 Å². The predicted molar refractivity (Wildman–Crippen MR) is 88.5 cm³/mol. The Labute approximate surface area is 136 Å². The minimum absolute atomic E-state index is 0.00653. The van der Waals surface area contributed by atoms with Crippen molar-refractivity contribution in [3.05, 3.63) is 40.9 Å². The molecule has 1 fully saturated rings. The Morgan fingerprint density at radius 1 is 1.18 bits per heavy atom. The number of hydrogen-bond acceptors (Lipinski definition) is 2. The van der Waals surface area contributed by atoms with Gasteiger partial charge in [0, 0.05) is 24.2 Å². The van der Waals surface area contributed by atoms with Gasteiger partial charge in [-0.3, -0.25) is 9.59 Å². The molecule has 1 unspecified atom stereocenters. The lowest BCUT2D eigenvalue weighted by Crippen LogP contribution is -2.48. The second-order valence-electron chi connectivity index (χ2n) is 5.50. The first-order valence-electron chi connectivity index (χ1n) is 7.59. The minimum Gasteiger partial charge on any atom is -0.341 e. The van der Waals surface area contributed by atoms with Crippen LogP contribution in [0.4, 0.5) is 0 Å². The fraction of sp³-hybridized carbons (Fsp3) is 0.412. The van der Waals surface area contributed by atoms with Crippen molar-refractivity contribution in [2.75, 3.05) is 13.1 Å². The fourth-order valence-corrected chi connectivity index (χ4v) is 2.58. The quantitative estimate of drug-likeness (QED) is 0.867. The molecule has 1 saturated heterocycles. The Morgan fingerprint density at radius 2 is 1.82 bits per heavy atom. The molecule has 1 aromatic carbocycles. The van der Waals surface area contributed by atoms with E-state index in [2.05, 4.69) is 5.32 Å². The molecular formula is C17H21ClN2O2. The van der Waals surface area contributed by atoms with E-state index in [1.165, 1.54) is 12.5 Å². The van der Waals surface area contributed by atoms with E-state index in [1.54, 1.807) is 25.1 Å². The molecule has 2 amide bonds. The summed E-state index contributed by atoms with van der Waals surface area (Å²) in [4.78, 5) is 25.9. The highest BCUT2D eigenvalue weighted by Gasteiger charge is 2.22. The van der Waals surface area contributed by atoms with Crippen molar-refractivity contribution in [3.63, 3.8) is 0 Å². The van der Waals surface area contributed by atoms with Gasteiger partial charge >= 0.3 is 0 Å². The number of likely N-dealkylation sites (tertiary alicyclic amines) is 1.